The zero-order chi connectivity index (χ0) is 17.0. The fraction of sp³-hybridized carbons (Fsp3) is 0.400. The molecule has 0 aliphatic heterocycles. The first-order chi connectivity index (χ1) is 11.0. The normalized spacial score (nSPS) is 10.9. The average molecular weight is 353 g/mol. The highest BCUT2D eigenvalue weighted by Gasteiger charge is 2.17. The Kier molecular flexibility index (Phi) is 5.97. The van der Waals surface area contributed by atoms with Gasteiger partial charge in [-0.25, -0.2) is 4.98 Å². The van der Waals surface area contributed by atoms with Gasteiger partial charge in [0, 0.05) is 23.5 Å². The Morgan fingerprint density at radius 3 is 2.91 bits per heavy atom. The number of hydrogen-bond donors (Lipinski definition) is 2. The van der Waals surface area contributed by atoms with Gasteiger partial charge >= 0.3 is 0 Å². The lowest BCUT2D eigenvalue weighted by molar-refractivity contribution is -0.118. The molecule has 0 fully saturated rings. The maximum Gasteiger partial charge on any atom is 0.230 e. The summed E-state index contributed by atoms with van der Waals surface area (Å²) in [6.07, 6.45) is 1.74. The summed E-state index contributed by atoms with van der Waals surface area (Å²) in [6, 6.07) is 0. The summed E-state index contributed by atoms with van der Waals surface area (Å²) in [5, 5.41) is 11.9. The molecule has 0 aliphatic carbocycles. The molecule has 124 valence electrons. The second-order valence-electron chi connectivity index (χ2n) is 4.92. The summed E-state index contributed by atoms with van der Waals surface area (Å²) in [5.74, 6) is -0.00302. The van der Waals surface area contributed by atoms with E-state index in [-0.39, 0.29) is 30.2 Å². The van der Waals surface area contributed by atoms with Crippen LogP contribution in [0.25, 0.3) is 10.3 Å². The number of nitrogens with zero attached hydrogens (tertiary/aromatic N) is 2. The number of rotatable bonds is 7. The van der Waals surface area contributed by atoms with Gasteiger partial charge in [-0.1, -0.05) is 17.8 Å². The molecule has 2 N–H and O–H groups in total. The molecule has 0 unspecified atom stereocenters. The zero-order valence-electron chi connectivity index (χ0n) is 13.1. The zero-order valence-corrected chi connectivity index (χ0v) is 14.7. The van der Waals surface area contributed by atoms with E-state index in [1.54, 1.807) is 13.0 Å². The Balaban J connectivity index is 2.37. The molecule has 1 amide bonds. The van der Waals surface area contributed by atoms with Crippen LogP contribution in [0.3, 0.4) is 0 Å². The van der Waals surface area contributed by atoms with E-state index >= 15 is 0 Å². The molecule has 2 aromatic heterocycles. The van der Waals surface area contributed by atoms with Crippen molar-refractivity contribution >= 4 is 39.4 Å². The van der Waals surface area contributed by atoms with Crippen LogP contribution in [0.15, 0.2) is 22.6 Å². The molecule has 2 rings (SSSR count). The molecule has 0 aliphatic rings. The van der Waals surface area contributed by atoms with E-state index in [1.807, 2.05) is 11.5 Å². The van der Waals surface area contributed by atoms with E-state index in [0.29, 0.717) is 22.8 Å². The average Bonchev–Trinajstić information content (AvgIpc) is 2.87. The van der Waals surface area contributed by atoms with Crippen LogP contribution in [-0.4, -0.2) is 39.5 Å². The van der Waals surface area contributed by atoms with Crippen LogP contribution < -0.4 is 10.7 Å². The standard InChI is InChI=1S/C15H19N3O3S2/c1-4-6-18-14-12(13(21)9(2)10(3)23-14)17-15(18)22-8-11(20)16-5-7-19/h4,19H,1,5-8H2,2-3H3,(H,16,20). The number of nitrogens with one attached hydrogen (secondary N) is 1. The fourth-order valence-electron chi connectivity index (χ4n) is 2.01. The lowest BCUT2D eigenvalue weighted by Crippen LogP contribution is -2.28. The Labute approximate surface area is 142 Å². The number of carbonyl (C=O) groups excluding carboxylic acids is 1. The topological polar surface area (TPSA) is 84.2 Å². The number of carbonyl (C=O) groups is 1. The number of aryl methyl sites for hydroxylation is 1. The molecule has 8 heteroatoms. The van der Waals surface area contributed by atoms with Crippen molar-refractivity contribution in [3.63, 3.8) is 0 Å². The van der Waals surface area contributed by atoms with E-state index in [4.69, 9.17) is 5.11 Å². The SMILES string of the molecule is C=CCn1c(SCC(=O)NCCO)nc2c(=O)c(C)c(C)sc21. The number of aliphatic hydroxyl groups is 1. The minimum atomic E-state index is -0.181. The van der Waals surface area contributed by atoms with Crippen molar-refractivity contribution in [2.24, 2.45) is 0 Å². The Bertz CT molecular complexity index is 795. The lowest BCUT2D eigenvalue weighted by atomic mass is 10.2. The van der Waals surface area contributed by atoms with Crippen LogP contribution in [0.1, 0.15) is 10.4 Å². The third-order valence-electron chi connectivity index (χ3n) is 3.30. The summed E-state index contributed by atoms with van der Waals surface area (Å²) in [7, 11) is 0. The molecule has 0 spiro atoms. The molecular formula is C15H19N3O3S2. The van der Waals surface area contributed by atoms with Crippen LogP contribution in [0.2, 0.25) is 0 Å². The van der Waals surface area contributed by atoms with Gasteiger partial charge in [0.25, 0.3) is 0 Å². The number of aliphatic hydroxyl groups excluding tert-OH is 1. The van der Waals surface area contributed by atoms with Gasteiger partial charge in [0.05, 0.1) is 12.4 Å². The molecular weight excluding hydrogens is 334 g/mol. The molecule has 0 saturated carbocycles. The molecule has 6 nitrogen and oxygen atoms in total. The highest BCUT2D eigenvalue weighted by atomic mass is 32.2. The van der Waals surface area contributed by atoms with Gasteiger partial charge in [-0.3, -0.25) is 9.59 Å². The van der Waals surface area contributed by atoms with E-state index in [0.717, 1.165) is 9.71 Å². The summed E-state index contributed by atoms with van der Waals surface area (Å²) >= 11 is 2.79. The lowest BCUT2D eigenvalue weighted by Gasteiger charge is -2.06. The van der Waals surface area contributed by atoms with Crippen molar-refractivity contribution in [1.82, 2.24) is 14.9 Å². The first kappa shape index (κ1) is 17.7. The quantitative estimate of drug-likeness (QED) is 0.582. The second kappa shape index (κ2) is 7.76. The molecule has 23 heavy (non-hydrogen) atoms. The molecule has 0 bridgehead atoms. The van der Waals surface area contributed by atoms with Gasteiger partial charge in [0.2, 0.25) is 11.3 Å². The molecule has 2 heterocycles. The van der Waals surface area contributed by atoms with E-state index in [1.165, 1.54) is 23.1 Å². The second-order valence-corrected chi connectivity index (χ2v) is 7.07. The van der Waals surface area contributed by atoms with Gasteiger partial charge < -0.3 is 15.0 Å². The van der Waals surface area contributed by atoms with Gasteiger partial charge in [-0.05, 0) is 13.8 Å². The van der Waals surface area contributed by atoms with Crippen LogP contribution in [-0.2, 0) is 11.3 Å². The Hall–Kier alpha value is -1.64. The van der Waals surface area contributed by atoms with Gasteiger partial charge in [0.15, 0.2) is 5.16 Å². The molecule has 0 radical (unpaired) electrons. The van der Waals surface area contributed by atoms with Crippen molar-refractivity contribution in [3.05, 3.63) is 33.3 Å². The van der Waals surface area contributed by atoms with Gasteiger partial charge in [-0.15, -0.1) is 17.9 Å². The largest absolute Gasteiger partial charge is 0.395 e. The van der Waals surface area contributed by atoms with E-state index < -0.39 is 0 Å². The third kappa shape index (κ3) is 3.82. The van der Waals surface area contributed by atoms with Crippen molar-refractivity contribution < 1.29 is 9.90 Å². The highest BCUT2D eigenvalue weighted by molar-refractivity contribution is 7.99. The number of amides is 1. The Morgan fingerprint density at radius 2 is 2.26 bits per heavy atom. The van der Waals surface area contributed by atoms with Crippen LogP contribution in [0.4, 0.5) is 0 Å². The predicted octanol–water partition coefficient (Wildman–Crippen LogP) is 1.46. The molecule has 0 atom stereocenters. The van der Waals surface area contributed by atoms with Crippen LogP contribution >= 0.6 is 23.1 Å². The highest BCUT2D eigenvalue weighted by Crippen LogP contribution is 2.27. The van der Waals surface area contributed by atoms with Crippen molar-refractivity contribution in [2.75, 3.05) is 18.9 Å². The van der Waals surface area contributed by atoms with E-state index in [2.05, 4.69) is 16.9 Å². The number of aromatic nitrogens is 2. The van der Waals surface area contributed by atoms with E-state index in [9.17, 15) is 9.59 Å². The number of imidazole rings is 1. The number of thioether (sulfide) groups is 1. The van der Waals surface area contributed by atoms with Crippen LogP contribution in [0, 0.1) is 13.8 Å². The number of hydrogen-bond acceptors (Lipinski definition) is 6. The molecule has 2 aromatic rings. The summed E-state index contributed by atoms with van der Waals surface area (Å²) in [4.78, 5) is 30.3. The first-order valence-corrected chi connectivity index (χ1v) is 8.91. The minimum absolute atomic E-state index is 0.0642. The molecule has 0 saturated heterocycles. The summed E-state index contributed by atoms with van der Waals surface area (Å²) < 4.78 is 1.91. The summed E-state index contributed by atoms with van der Waals surface area (Å²) in [5.41, 5.74) is 1.09. The fourth-order valence-corrected chi connectivity index (χ4v) is 3.95. The third-order valence-corrected chi connectivity index (χ3v) is 5.49. The maximum atomic E-state index is 12.4. The number of allylic oxidation sites excluding steroid dienone is 1. The van der Waals surface area contributed by atoms with Crippen molar-refractivity contribution in [3.8, 4) is 0 Å². The van der Waals surface area contributed by atoms with Gasteiger partial charge in [-0.2, -0.15) is 0 Å². The van der Waals surface area contributed by atoms with Crippen LogP contribution in [0.5, 0.6) is 0 Å². The predicted molar refractivity (Wildman–Crippen MR) is 94.4 cm³/mol. The monoisotopic (exact) mass is 353 g/mol. The minimum Gasteiger partial charge on any atom is -0.395 e. The Morgan fingerprint density at radius 1 is 1.52 bits per heavy atom. The van der Waals surface area contributed by atoms with Gasteiger partial charge in [0.1, 0.15) is 10.3 Å². The maximum absolute atomic E-state index is 12.4. The summed E-state index contributed by atoms with van der Waals surface area (Å²) in [6.45, 7) is 8.12. The van der Waals surface area contributed by atoms with Crippen molar-refractivity contribution in [1.29, 1.82) is 0 Å². The number of fused-ring (bicyclic) bond motifs is 1. The molecule has 0 aromatic carbocycles. The first-order valence-electron chi connectivity index (χ1n) is 7.11. The van der Waals surface area contributed by atoms with Crippen molar-refractivity contribution in [2.45, 2.75) is 25.5 Å². The smallest absolute Gasteiger partial charge is 0.230 e.